The Bertz CT molecular complexity index is 616. The quantitative estimate of drug-likeness (QED) is 0.0514. The number of carbonyl (C=O) groups excluding carboxylic acids is 3. The molecule has 302 valence electrons. The fraction of sp³-hybridized carbons (Fsp3) is 0.929. The third-order valence-electron chi connectivity index (χ3n) is 6.35. The van der Waals surface area contributed by atoms with Crippen molar-refractivity contribution in [3.63, 3.8) is 0 Å². The van der Waals surface area contributed by atoms with Gasteiger partial charge in [-0.3, -0.25) is 14.4 Å². The number of Topliss-reactive ketones (excluding diaryl/α,β-unsaturated/α-hetero) is 1. The number of ether oxygens (including phenoxy) is 3. The van der Waals surface area contributed by atoms with E-state index in [9.17, 15) is 14.4 Å². The van der Waals surface area contributed by atoms with E-state index < -0.39 is 5.82 Å². The smallest absolute Gasteiger partial charge is 0.308 e. The summed E-state index contributed by atoms with van der Waals surface area (Å²) in [6, 6.07) is 0. The molecule has 0 aliphatic rings. The fourth-order valence-electron chi connectivity index (χ4n) is 4.03. The van der Waals surface area contributed by atoms with Crippen LogP contribution < -0.4 is 5.32 Å². The summed E-state index contributed by atoms with van der Waals surface area (Å²) in [4.78, 5) is 36.2. The molecular weight excluding hydrogens is 625 g/mol. The Balaban J connectivity index is -0.000000323. The Morgan fingerprint density at radius 1 is 0.600 bits per heavy atom. The molecule has 2 radical (unpaired) electrons. The third-order valence-corrected chi connectivity index (χ3v) is 6.35. The van der Waals surface area contributed by atoms with E-state index in [2.05, 4.69) is 60.7 Å². The van der Waals surface area contributed by atoms with E-state index >= 15 is 0 Å². The molecule has 1 unspecified atom stereocenters. The van der Waals surface area contributed by atoms with Gasteiger partial charge in [-0.05, 0) is 51.5 Å². The van der Waals surface area contributed by atoms with Crippen molar-refractivity contribution in [2.24, 2.45) is 5.92 Å². The van der Waals surface area contributed by atoms with Crippen molar-refractivity contribution in [3.8, 4) is 0 Å². The van der Waals surface area contributed by atoms with E-state index in [0.29, 0.717) is 25.9 Å². The summed E-state index contributed by atoms with van der Waals surface area (Å²) in [5.74, 6) is -0.847. The summed E-state index contributed by atoms with van der Waals surface area (Å²) in [5.41, 5.74) is 0. The molecule has 0 aromatic heterocycles. The van der Waals surface area contributed by atoms with Gasteiger partial charge in [0, 0.05) is 19.4 Å². The average Bonchev–Trinajstić information content (AvgIpc) is 3.11. The lowest BCUT2D eigenvalue weighted by Gasteiger charge is -2.16. The highest BCUT2D eigenvalue weighted by Gasteiger charge is 2.19. The van der Waals surface area contributed by atoms with Crippen LogP contribution in [0, 0.1) is 5.92 Å². The first-order valence-corrected chi connectivity index (χ1v) is 21.0. The first-order chi connectivity index (χ1) is 24.2. The number of nitrogens with one attached hydrogen (secondary N) is 1. The molecule has 8 heteroatoms. The predicted molar refractivity (Wildman–Crippen MR) is 220 cm³/mol. The Morgan fingerprint density at radius 3 is 1.60 bits per heavy atom. The molecule has 0 spiro atoms. The summed E-state index contributed by atoms with van der Waals surface area (Å²) < 4.78 is 16.1. The van der Waals surface area contributed by atoms with Crippen LogP contribution >= 0.6 is 0 Å². The van der Waals surface area contributed by atoms with Gasteiger partial charge in [-0.1, -0.05) is 160 Å². The van der Waals surface area contributed by atoms with E-state index in [1.807, 2.05) is 34.7 Å². The monoisotopic (exact) mass is 716 g/mol. The van der Waals surface area contributed by atoms with Gasteiger partial charge in [0.2, 0.25) is 0 Å². The number of unbranched alkanes of at least 4 members (excludes halogenated alkanes) is 8. The molecule has 0 bridgehead atoms. The van der Waals surface area contributed by atoms with Crippen LogP contribution in [0.15, 0.2) is 0 Å². The van der Waals surface area contributed by atoms with Gasteiger partial charge >= 0.3 is 11.9 Å². The van der Waals surface area contributed by atoms with E-state index in [1.165, 1.54) is 51.4 Å². The largest absolute Gasteiger partial charge is 0.466 e. The van der Waals surface area contributed by atoms with E-state index in [1.54, 1.807) is 0 Å². The van der Waals surface area contributed by atoms with Crippen molar-refractivity contribution >= 4 is 25.6 Å². The molecule has 7 nitrogen and oxygen atoms in total. The van der Waals surface area contributed by atoms with Crippen LogP contribution in [-0.4, -0.2) is 65.6 Å². The lowest BCUT2D eigenvalue weighted by Crippen LogP contribution is -2.19. The first-order valence-electron chi connectivity index (χ1n) is 21.0. The number of carbonyl (C=O) groups is 3. The zero-order valence-electron chi connectivity index (χ0n) is 36.2. The third kappa shape index (κ3) is 61.8. The molecule has 0 aliphatic carbocycles. The lowest BCUT2D eigenvalue weighted by atomic mass is 9.89. The second-order valence-corrected chi connectivity index (χ2v) is 12.2. The molecule has 0 fully saturated rings. The molecule has 0 saturated heterocycles. The number of rotatable bonds is 27. The van der Waals surface area contributed by atoms with Crippen LogP contribution in [0.5, 0.6) is 0 Å². The highest BCUT2D eigenvalue weighted by atomic mass is 16.5. The molecule has 0 saturated carbocycles. The first kappa shape index (κ1) is 60.7. The van der Waals surface area contributed by atoms with Gasteiger partial charge in [-0.15, -0.1) is 0 Å². The van der Waals surface area contributed by atoms with Crippen molar-refractivity contribution in [1.29, 1.82) is 0 Å². The highest BCUT2D eigenvalue weighted by Crippen LogP contribution is 2.20. The minimum Gasteiger partial charge on any atom is -0.466 e. The van der Waals surface area contributed by atoms with Crippen molar-refractivity contribution < 1.29 is 28.6 Å². The Kier molecular flexibility index (Phi) is 72.5. The minimum atomic E-state index is -0.466. The van der Waals surface area contributed by atoms with Crippen LogP contribution in [0.1, 0.15) is 205 Å². The highest BCUT2D eigenvalue weighted by molar-refractivity contribution is 6.11. The van der Waals surface area contributed by atoms with Crippen molar-refractivity contribution in [1.82, 2.24) is 5.32 Å². The molecule has 0 aromatic rings. The average molecular weight is 716 g/mol. The second-order valence-electron chi connectivity index (χ2n) is 12.2. The topological polar surface area (TPSA) is 90.9 Å². The zero-order valence-corrected chi connectivity index (χ0v) is 36.2. The van der Waals surface area contributed by atoms with E-state index in [-0.39, 0.29) is 49.9 Å². The van der Waals surface area contributed by atoms with Crippen LogP contribution in [0.2, 0.25) is 5.82 Å². The normalized spacial score (nSPS) is 10.7. The van der Waals surface area contributed by atoms with Crippen LogP contribution in [0.3, 0.4) is 0 Å². The second kappa shape index (κ2) is 59.7. The van der Waals surface area contributed by atoms with E-state index in [0.717, 1.165) is 51.5 Å². The van der Waals surface area contributed by atoms with E-state index in [4.69, 9.17) is 22.1 Å². The summed E-state index contributed by atoms with van der Waals surface area (Å²) in [6.45, 7) is 26.5. The Hall–Kier alpha value is -1.41. The summed E-state index contributed by atoms with van der Waals surface area (Å²) in [7, 11) is 7.74. The standard InChI is InChI=1S/C29H54BNO6.3C3H8.2C2H6/c1-4-6-8-9-10-12-17-25(16-11-7-5-2)29(34)36-21-14-13-19-28(33)37-23-26(30)22-35-24-27(32)18-15-20-31-3;3*1-3-2;2*1-2/h25-26,31H,4-24H2,1-3H3;3*3H2,1-2H3;2*1-2H3/t25?,26-;;;;;/m1...../s1. The maximum Gasteiger partial charge on any atom is 0.308 e. The van der Waals surface area contributed by atoms with Gasteiger partial charge in [0.15, 0.2) is 5.78 Å². The Labute approximate surface area is 315 Å². The summed E-state index contributed by atoms with van der Waals surface area (Å²) in [6.07, 6.45) is 19.0. The molecule has 0 heterocycles. The maximum absolute atomic E-state index is 12.6. The fourth-order valence-corrected chi connectivity index (χ4v) is 4.03. The molecule has 0 aromatic carbocycles. The number of hydrogen-bond acceptors (Lipinski definition) is 7. The van der Waals surface area contributed by atoms with Crippen molar-refractivity contribution in [2.75, 3.05) is 40.0 Å². The molecule has 0 rings (SSSR count). The molecule has 2 atom stereocenters. The van der Waals surface area contributed by atoms with Gasteiger partial charge in [0.1, 0.15) is 6.61 Å². The van der Waals surface area contributed by atoms with Crippen molar-refractivity contribution in [2.45, 2.75) is 211 Å². The molecule has 0 amide bonds. The van der Waals surface area contributed by atoms with Gasteiger partial charge in [0.25, 0.3) is 0 Å². The molecular formula is C42H90BNO6. The number of esters is 2. The summed E-state index contributed by atoms with van der Waals surface area (Å²) >= 11 is 0. The summed E-state index contributed by atoms with van der Waals surface area (Å²) in [5, 5.41) is 2.99. The SMILES string of the molecule is CC.CC.CCC.CCC.CCC.[B][C@H](COCC(=O)CCCNC)COC(=O)CCCCOC(=O)C(CCCCC)CCCCCCCC. The lowest BCUT2D eigenvalue weighted by molar-refractivity contribution is -0.149. The maximum atomic E-state index is 12.6. The molecule has 0 aliphatic heterocycles. The minimum absolute atomic E-state index is 0.00459. The molecule has 50 heavy (non-hydrogen) atoms. The number of ketones is 1. The van der Waals surface area contributed by atoms with Gasteiger partial charge in [0.05, 0.1) is 27.0 Å². The van der Waals surface area contributed by atoms with Gasteiger partial charge < -0.3 is 19.5 Å². The number of hydrogen-bond donors (Lipinski definition) is 1. The Morgan fingerprint density at radius 2 is 1.08 bits per heavy atom. The van der Waals surface area contributed by atoms with Crippen molar-refractivity contribution in [3.05, 3.63) is 0 Å². The van der Waals surface area contributed by atoms with Crippen LogP contribution in [-0.2, 0) is 28.6 Å². The van der Waals surface area contributed by atoms with Crippen LogP contribution in [0.25, 0.3) is 0 Å². The van der Waals surface area contributed by atoms with Crippen LogP contribution in [0.4, 0.5) is 0 Å². The molecule has 1 N–H and O–H groups in total. The predicted octanol–water partition coefficient (Wildman–Crippen LogP) is 12.0. The zero-order chi connectivity index (χ0) is 39.7. The van der Waals surface area contributed by atoms with Gasteiger partial charge in [-0.25, -0.2) is 0 Å². The van der Waals surface area contributed by atoms with Gasteiger partial charge in [-0.2, -0.15) is 0 Å².